The lowest BCUT2D eigenvalue weighted by Crippen LogP contribution is -2.47. The van der Waals surface area contributed by atoms with Crippen molar-refractivity contribution in [2.45, 2.75) is 56.8 Å². The van der Waals surface area contributed by atoms with Crippen molar-refractivity contribution in [2.75, 3.05) is 13.1 Å². The molecule has 188 valence electrons. The molecule has 3 aliphatic rings. The van der Waals surface area contributed by atoms with Gasteiger partial charge < -0.3 is 15.0 Å². The normalized spacial score (nSPS) is 19.0. The molecule has 2 fully saturated rings. The van der Waals surface area contributed by atoms with E-state index in [1.807, 2.05) is 24.3 Å². The Kier molecular flexibility index (Phi) is 7.04. The maximum Gasteiger partial charge on any atom is 0.338 e. The first-order valence-electron chi connectivity index (χ1n) is 12.6. The Morgan fingerprint density at radius 2 is 1.69 bits per heavy atom. The fourth-order valence-electron chi connectivity index (χ4n) is 5.08. The minimum atomic E-state index is -0.593. The summed E-state index contributed by atoms with van der Waals surface area (Å²) in [5.41, 5.74) is 4.32. The highest BCUT2D eigenvalue weighted by molar-refractivity contribution is 5.96. The van der Waals surface area contributed by atoms with Crippen LogP contribution < -0.4 is 10.8 Å². The first kappa shape index (κ1) is 24.1. The van der Waals surface area contributed by atoms with Crippen LogP contribution >= 0.6 is 0 Å². The molecule has 1 saturated heterocycles. The van der Waals surface area contributed by atoms with E-state index in [1.165, 1.54) is 0 Å². The van der Waals surface area contributed by atoms with Gasteiger partial charge in [0.25, 0.3) is 11.8 Å². The van der Waals surface area contributed by atoms with Crippen molar-refractivity contribution in [2.24, 2.45) is 0 Å². The van der Waals surface area contributed by atoms with Crippen LogP contribution in [0.3, 0.4) is 0 Å². The Balaban J connectivity index is 1.18. The molecule has 8 heteroatoms. The number of carbonyl (C=O) groups is 3. The number of hydrogen-bond donors (Lipinski definition) is 2. The highest BCUT2D eigenvalue weighted by Crippen LogP contribution is 2.33. The van der Waals surface area contributed by atoms with Crippen LogP contribution in [0.25, 0.3) is 0 Å². The van der Waals surface area contributed by atoms with Crippen molar-refractivity contribution in [1.82, 2.24) is 15.7 Å². The average Bonchev–Trinajstić information content (AvgIpc) is 3.58. The second-order valence-electron chi connectivity index (χ2n) is 9.67. The van der Waals surface area contributed by atoms with Gasteiger partial charge in [-0.25, -0.2) is 4.79 Å². The highest BCUT2D eigenvalue weighted by atomic mass is 16.7. The number of rotatable bonds is 6. The zero-order valence-electron chi connectivity index (χ0n) is 20.2. The predicted octanol–water partition coefficient (Wildman–Crippen LogP) is 3.50. The molecule has 0 atom stereocenters. The van der Waals surface area contributed by atoms with Crippen LogP contribution in [0.15, 0.2) is 66.4 Å². The van der Waals surface area contributed by atoms with Crippen LogP contribution in [0.1, 0.15) is 64.8 Å². The van der Waals surface area contributed by atoms with E-state index in [9.17, 15) is 14.4 Å². The molecule has 0 radical (unpaired) electrons. The average molecular weight is 490 g/mol. The Bertz CT molecular complexity index is 1150. The summed E-state index contributed by atoms with van der Waals surface area (Å²) in [4.78, 5) is 45.9. The third-order valence-corrected chi connectivity index (χ3v) is 7.22. The predicted molar refractivity (Wildman–Crippen MR) is 133 cm³/mol. The first-order valence-corrected chi connectivity index (χ1v) is 12.6. The topological polar surface area (TPSA) is 97.0 Å². The molecule has 1 aliphatic carbocycles. The summed E-state index contributed by atoms with van der Waals surface area (Å²) in [5, 5.41) is 3.08. The quantitative estimate of drug-likeness (QED) is 0.603. The first-order chi connectivity index (χ1) is 17.5. The van der Waals surface area contributed by atoms with Crippen molar-refractivity contribution in [3.05, 3.63) is 83.1 Å². The molecule has 0 unspecified atom stereocenters. The molecule has 2 aliphatic heterocycles. The fraction of sp³-hybridized carbons (Fsp3) is 0.393. The van der Waals surface area contributed by atoms with E-state index in [2.05, 4.69) is 10.8 Å². The van der Waals surface area contributed by atoms with E-state index in [1.54, 1.807) is 41.3 Å². The van der Waals surface area contributed by atoms with Crippen LogP contribution in [0.4, 0.5) is 0 Å². The van der Waals surface area contributed by atoms with Gasteiger partial charge in [0.1, 0.15) is 17.9 Å². The van der Waals surface area contributed by atoms with E-state index in [0.29, 0.717) is 48.3 Å². The largest absolute Gasteiger partial charge is 0.457 e. The van der Waals surface area contributed by atoms with Gasteiger partial charge in [0.15, 0.2) is 0 Å². The Hall–Kier alpha value is -3.65. The summed E-state index contributed by atoms with van der Waals surface area (Å²) < 4.78 is 5.47. The highest BCUT2D eigenvalue weighted by Gasteiger charge is 2.41. The minimum absolute atomic E-state index is 0.0165. The molecule has 2 N–H and O–H groups in total. The number of piperidine rings is 1. The van der Waals surface area contributed by atoms with E-state index >= 15 is 0 Å². The standard InChI is InChI=1S/C28H31N3O5/c32-25(29-22-11-5-6-12-22)24-18-28(36-30-24)14-16-31(17-15-28)26(33)23-13-7-4-10-21(23)19-35-27(34)20-8-2-1-3-9-20/h1-4,7-10,13,18,22,30H,5-6,11-12,14-17,19H2,(H,29,32). The summed E-state index contributed by atoms with van der Waals surface area (Å²) in [5.74, 6) is -0.662. The second-order valence-corrected chi connectivity index (χ2v) is 9.67. The van der Waals surface area contributed by atoms with E-state index in [4.69, 9.17) is 9.57 Å². The maximum atomic E-state index is 13.4. The minimum Gasteiger partial charge on any atom is -0.457 e. The summed E-state index contributed by atoms with van der Waals surface area (Å²) in [6.07, 6.45) is 7.38. The Morgan fingerprint density at radius 1 is 1.00 bits per heavy atom. The lowest BCUT2D eigenvalue weighted by atomic mass is 9.90. The van der Waals surface area contributed by atoms with E-state index in [0.717, 1.165) is 25.7 Å². The van der Waals surface area contributed by atoms with Crippen molar-refractivity contribution >= 4 is 17.8 Å². The van der Waals surface area contributed by atoms with Crippen molar-refractivity contribution in [1.29, 1.82) is 0 Å². The maximum absolute atomic E-state index is 13.4. The molecule has 8 nitrogen and oxygen atoms in total. The number of esters is 1. The van der Waals surface area contributed by atoms with Gasteiger partial charge in [0.05, 0.1) is 5.56 Å². The van der Waals surface area contributed by atoms with Crippen molar-refractivity contribution < 1.29 is 24.0 Å². The molecule has 0 bridgehead atoms. The van der Waals surface area contributed by atoms with Crippen LogP contribution in [0.5, 0.6) is 0 Å². The molecule has 36 heavy (non-hydrogen) atoms. The van der Waals surface area contributed by atoms with Crippen molar-refractivity contribution in [3.63, 3.8) is 0 Å². The number of amides is 2. The van der Waals surface area contributed by atoms with Gasteiger partial charge in [-0.15, -0.1) is 0 Å². The molecule has 5 rings (SSSR count). The number of likely N-dealkylation sites (tertiary alicyclic amines) is 1. The van der Waals surface area contributed by atoms with Crippen LogP contribution in [-0.2, 0) is 21.0 Å². The lowest BCUT2D eigenvalue weighted by Gasteiger charge is -2.36. The van der Waals surface area contributed by atoms with Gasteiger partial charge in [-0.3, -0.25) is 19.9 Å². The molecule has 2 heterocycles. The molecule has 2 aromatic carbocycles. The smallest absolute Gasteiger partial charge is 0.338 e. The van der Waals surface area contributed by atoms with Crippen LogP contribution in [0, 0.1) is 0 Å². The van der Waals surface area contributed by atoms with Gasteiger partial charge in [0.2, 0.25) is 0 Å². The Morgan fingerprint density at radius 3 is 2.44 bits per heavy atom. The van der Waals surface area contributed by atoms with Gasteiger partial charge in [-0.2, -0.15) is 0 Å². The number of nitrogens with zero attached hydrogens (tertiary/aromatic N) is 1. The summed E-state index contributed by atoms with van der Waals surface area (Å²) >= 11 is 0. The molecule has 2 amide bonds. The van der Waals surface area contributed by atoms with Gasteiger partial charge in [-0.1, -0.05) is 49.2 Å². The zero-order chi connectivity index (χ0) is 25.0. The molecule has 1 saturated carbocycles. The number of ether oxygens (including phenoxy) is 1. The van der Waals surface area contributed by atoms with Gasteiger partial charge in [-0.05, 0) is 37.1 Å². The second kappa shape index (κ2) is 10.5. The van der Waals surface area contributed by atoms with Crippen LogP contribution in [-0.4, -0.2) is 47.4 Å². The van der Waals surface area contributed by atoms with Gasteiger partial charge in [0, 0.05) is 43.1 Å². The number of benzene rings is 2. The SMILES string of the molecule is O=C(NC1CCCC1)C1=CC2(CCN(C(=O)c3ccccc3COC(=O)c3ccccc3)CC2)ON1. The monoisotopic (exact) mass is 489 g/mol. The molecular weight excluding hydrogens is 458 g/mol. The molecule has 2 aromatic rings. The fourth-order valence-corrected chi connectivity index (χ4v) is 5.08. The van der Waals surface area contributed by atoms with E-state index in [-0.39, 0.29) is 24.5 Å². The molecule has 1 spiro atoms. The summed E-state index contributed by atoms with van der Waals surface area (Å²) in [6.45, 7) is 1.00. The number of hydroxylamine groups is 1. The third-order valence-electron chi connectivity index (χ3n) is 7.22. The van der Waals surface area contributed by atoms with Crippen molar-refractivity contribution in [3.8, 4) is 0 Å². The Labute approximate surface area is 210 Å². The summed E-state index contributed by atoms with van der Waals surface area (Å²) in [7, 11) is 0. The summed E-state index contributed by atoms with van der Waals surface area (Å²) in [6, 6.07) is 16.2. The molecular formula is C28H31N3O5. The van der Waals surface area contributed by atoms with E-state index < -0.39 is 11.6 Å². The zero-order valence-corrected chi connectivity index (χ0v) is 20.2. The number of carbonyl (C=O) groups excluding carboxylic acids is 3. The molecule has 0 aromatic heterocycles. The number of nitrogens with one attached hydrogen (secondary N) is 2. The van der Waals surface area contributed by atoms with Crippen LogP contribution in [0.2, 0.25) is 0 Å². The van der Waals surface area contributed by atoms with Gasteiger partial charge >= 0.3 is 5.97 Å². The third kappa shape index (κ3) is 5.28. The lowest BCUT2D eigenvalue weighted by molar-refractivity contribution is -0.120. The number of hydrogen-bond acceptors (Lipinski definition) is 6.